The van der Waals surface area contributed by atoms with Crippen molar-refractivity contribution in [1.29, 1.82) is 5.26 Å². The maximum Gasteiger partial charge on any atom is 0.303 e. The van der Waals surface area contributed by atoms with Crippen LogP contribution in [0.3, 0.4) is 0 Å². The predicted molar refractivity (Wildman–Crippen MR) is 76.9 cm³/mol. The van der Waals surface area contributed by atoms with Gasteiger partial charge in [-0.15, -0.1) is 0 Å². The maximum absolute atomic E-state index is 10.8. The molecule has 1 rings (SSSR count). The van der Waals surface area contributed by atoms with Crippen LogP contribution in [0.15, 0.2) is 18.2 Å². The molecule has 1 atom stereocenters. The largest absolute Gasteiger partial charge is 0.481 e. The normalized spacial score (nSPS) is 13.5. The Morgan fingerprint density at radius 2 is 2.00 bits per heavy atom. The second-order valence-corrected chi connectivity index (χ2v) is 5.36. The first-order valence-corrected chi connectivity index (χ1v) is 6.90. The van der Waals surface area contributed by atoms with Crippen LogP contribution >= 0.6 is 23.2 Å². The number of hydrogen-bond acceptors (Lipinski definition) is 3. The molecule has 0 bridgehead atoms. The van der Waals surface area contributed by atoms with E-state index in [0.29, 0.717) is 28.5 Å². The molecular weight excluding hydrogens is 301 g/mol. The molecule has 0 saturated heterocycles. The van der Waals surface area contributed by atoms with E-state index in [1.165, 1.54) is 0 Å². The molecule has 1 aromatic carbocycles. The molecule has 2 N–H and O–H groups in total. The number of rotatable bonds is 7. The van der Waals surface area contributed by atoms with Crippen LogP contribution in [0.4, 0.5) is 0 Å². The quantitative estimate of drug-likeness (QED) is 0.808. The highest BCUT2D eigenvalue weighted by Crippen LogP contribution is 2.36. The molecule has 0 radical (unpaired) electrons. The smallest absolute Gasteiger partial charge is 0.303 e. The standard InChI is InChI=1S/C14H15Cl2NO3/c15-11-3-2-10(8-12(11)16)14(9-17,5-1-7-18)6-4-13(19)20/h2-3,8,18H,1,4-7H2,(H,19,20). The van der Waals surface area contributed by atoms with Crippen molar-refractivity contribution in [3.8, 4) is 6.07 Å². The molecule has 20 heavy (non-hydrogen) atoms. The number of benzene rings is 1. The molecule has 1 aromatic rings. The minimum Gasteiger partial charge on any atom is -0.481 e. The summed E-state index contributed by atoms with van der Waals surface area (Å²) < 4.78 is 0. The van der Waals surface area contributed by atoms with Crippen molar-refractivity contribution in [3.63, 3.8) is 0 Å². The van der Waals surface area contributed by atoms with Crippen molar-refractivity contribution >= 4 is 29.2 Å². The summed E-state index contributed by atoms with van der Waals surface area (Å²) in [5, 5.41) is 28.0. The van der Waals surface area contributed by atoms with Gasteiger partial charge >= 0.3 is 5.97 Å². The van der Waals surface area contributed by atoms with Crippen LogP contribution in [0.25, 0.3) is 0 Å². The number of aliphatic hydroxyl groups excluding tert-OH is 1. The zero-order chi connectivity index (χ0) is 15.2. The number of carboxylic acids is 1. The molecule has 1 unspecified atom stereocenters. The zero-order valence-corrected chi connectivity index (χ0v) is 12.3. The molecule has 0 amide bonds. The fraction of sp³-hybridized carbons (Fsp3) is 0.429. The fourth-order valence-corrected chi connectivity index (χ4v) is 2.38. The fourth-order valence-electron chi connectivity index (χ4n) is 2.08. The van der Waals surface area contributed by atoms with Crippen molar-refractivity contribution < 1.29 is 15.0 Å². The Kier molecular flexibility index (Phi) is 6.28. The lowest BCUT2D eigenvalue weighted by atomic mass is 9.74. The first kappa shape index (κ1) is 16.8. The van der Waals surface area contributed by atoms with Gasteiger partial charge in [-0.25, -0.2) is 0 Å². The maximum atomic E-state index is 10.8. The number of carbonyl (C=O) groups is 1. The molecular formula is C14H15Cl2NO3. The second kappa shape index (κ2) is 7.49. The van der Waals surface area contributed by atoms with Gasteiger partial charge in [-0.1, -0.05) is 29.3 Å². The predicted octanol–water partition coefficient (Wildman–Crippen LogP) is 3.39. The minimum atomic E-state index is -0.977. The summed E-state index contributed by atoms with van der Waals surface area (Å²) in [6.45, 7) is -0.0577. The van der Waals surface area contributed by atoms with Crippen LogP contribution in [0.2, 0.25) is 10.0 Å². The molecule has 0 saturated carbocycles. The summed E-state index contributed by atoms with van der Waals surface area (Å²) in [6, 6.07) is 7.05. The third kappa shape index (κ3) is 4.11. The van der Waals surface area contributed by atoms with Gasteiger partial charge in [0.2, 0.25) is 0 Å². The first-order chi connectivity index (χ1) is 9.45. The van der Waals surface area contributed by atoms with Gasteiger partial charge in [-0.05, 0) is 37.0 Å². The molecule has 0 spiro atoms. The Balaban J connectivity index is 3.15. The number of nitrogens with zero attached hydrogens (tertiary/aromatic N) is 1. The SMILES string of the molecule is N#CC(CCCO)(CCC(=O)O)c1ccc(Cl)c(Cl)c1. The van der Waals surface area contributed by atoms with E-state index >= 15 is 0 Å². The van der Waals surface area contributed by atoms with Crippen molar-refractivity contribution in [2.75, 3.05) is 6.61 Å². The minimum absolute atomic E-state index is 0.0577. The molecule has 6 heteroatoms. The summed E-state index contributed by atoms with van der Waals surface area (Å²) in [5.41, 5.74) is -0.348. The van der Waals surface area contributed by atoms with E-state index in [2.05, 4.69) is 6.07 Å². The van der Waals surface area contributed by atoms with Gasteiger partial charge in [0.25, 0.3) is 0 Å². The molecule has 0 aromatic heterocycles. The summed E-state index contributed by atoms with van der Waals surface area (Å²) in [6.07, 6.45) is 0.814. The van der Waals surface area contributed by atoms with Crippen LogP contribution in [0.1, 0.15) is 31.2 Å². The van der Waals surface area contributed by atoms with Crippen molar-refractivity contribution in [1.82, 2.24) is 0 Å². The van der Waals surface area contributed by atoms with Crippen molar-refractivity contribution in [2.45, 2.75) is 31.1 Å². The number of carboxylic acid groups (broad SMARTS) is 1. The van der Waals surface area contributed by atoms with Crippen LogP contribution in [-0.4, -0.2) is 22.8 Å². The summed E-state index contributed by atoms with van der Waals surface area (Å²) in [4.78, 5) is 10.8. The molecule has 0 heterocycles. The highest BCUT2D eigenvalue weighted by Gasteiger charge is 2.32. The van der Waals surface area contributed by atoms with E-state index in [1.54, 1.807) is 18.2 Å². The van der Waals surface area contributed by atoms with E-state index < -0.39 is 11.4 Å². The number of hydrogen-bond donors (Lipinski definition) is 2. The Bertz CT molecular complexity index is 528. The number of aliphatic hydroxyl groups is 1. The Morgan fingerprint density at radius 3 is 2.50 bits per heavy atom. The van der Waals surface area contributed by atoms with Gasteiger partial charge in [0.05, 0.1) is 21.5 Å². The van der Waals surface area contributed by atoms with E-state index in [1.807, 2.05) is 0 Å². The van der Waals surface area contributed by atoms with Gasteiger partial charge in [-0.3, -0.25) is 4.79 Å². The highest BCUT2D eigenvalue weighted by molar-refractivity contribution is 6.42. The lowest BCUT2D eigenvalue weighted by molar-refractivity contribution is -0.137. The van der Waals surface area contributed by atoms with E-state index in [4.69, 9.17) is 33.4 Å². The average molecular weight is 316 g/mol. The molecule has 108 valence electrons. The van der Waals surface area contributed by atoms with E-state index in [0.717, 1.165) is 0 Å². The lowest BCUT2D eigenvalue weighted by Crippen LogP contribution is -2.26. The van der Waals surface area contributed by atoms with Crippen LogP contribution in [0.5, 0.6) is 0 Å². The highest BCUT2D eigenvalue weighted by atomic mass is 35.5. The van der Waals surface area contributed by atoms with Crippen LogP contribution in [0, 0.1) is 11.3 Å². The second-order valence-electron chi connectivity index (χ2n) is 4.54. The van der Waals surface area contributed by atoms with Gasteiger partial charge in [0, 0.05) is 13.0 Å². The summed E-state index contributed by atoms with van der Waals surface area (Å²) in [7, 11) is 0. The topological polar surface area (TPSA) is 81.3 Å². The third-order valence-electron chi connectivity index (χ3n) is 3.21. The Labute approximate surface area is 127 Å². The molecule has 0 aliphatic carbocycles. The monoisotopic (exact) mass is 315 g/mol. The van der Waals surface area contributed by atoms with Gasteiger partial charge < -0.3 is 10.2 Å². The van der Waals surface area contributed by atoms with Gasteiger partial charge in [0.1, 0.15) is 0 Å². The zero-order valence-electron chi connectivity index (χ0n) is 10.8. The average Bonchev–Trinajstić information content (AvgIpc) is 2.43. The number of aliphatic carboxylic acids is 1. The summed E-state index contributed by atoms with van der Waals surface area (Å²) >= 11 is 11.8. The Hall–Kier alpha value is -1.28. The number of halogens is 2. The lowest BCUT2D eigenvalue weighted by Gasteiger charge is -2.27. The van der Waals surface area contributed by atoms with Crippen molar-refractivity contribution in [3.05, 3.63) is 33.8 Å². The van der Waals surface area contributed by atoms with Gasteiger partial charge in [-0.2, -0.15) is 5.26 Å². The van der Waals surface area contributed by atoms with Crippen molar-refractivity contribution in [2.24, 2.45) is 0 Å². The van der Waals surface area contributed by atoms with Gasteiger partial charge in [0.15, 0.2) is 0 Å². The first-order valence-electron chi connectivity index (χ1n) is 6.14. The van der Waals surface area contributed by atoms with E-state index in [9.17, 15) is 10.1 Å². The summed E-state index contributed by atoms with van der Waals surface area (Å²) in [5.74, 6) is -0.964. The van der Waals surface area contributed by atoms with Crippen LogP contribution < -0.4 is 0 Å². The molecule has 0 aliphatic heterocycles. The third-order valence-corrected chi connectivity index (χ3v) is 3.95. The molecule has 0 fully saturated rings. The van der Waals surface area contributed by atoms with E-state index in [-0.39, 0.29) is 19.4 Å². The molecule has 0 aliphatic rings. The van der Waals surface area contributed by atoms with Crippen LogP contribution in [-0.2, 0) is 10.2 Å². The molecule has 4 nitrogen and oxygen atoms in total. The Morgan fingerprint density at radius 1 is 1.30 bits per heavy atom. The number of nitriles is 1.